The van der Waals surface area contributed by atoms with E-state index < -0.39 is 6.09 Å². The number of hydrogen-bond acceptors (Lipinski definition) is 3. The first-order chi connectivity index (χ1) is 7.19. The third kappa shape index (κ3) is 3.48. The summed E-state index contributed by atoms with van der Waals surface area (Å²) in [5.74, 6) is 0.114. The van der Waals surface area contributed by atoms with Crippen LogP contribution in [0.3, 0.4) is 0 Å². The summed E-state index contributed by atoms with van der Waals surface area (Å²) in [6.45, 7) is 2.12. The van der Waals surface area contributed by atoms with Crippen molar-refractivity contribution in [3.05, 3.63) is 0 Å². The first-order valence-electron chi connectivity index (χ1n) is 5.21. The van der Waals surface area contributed by atoms with Gasteiger partial charge in [-0.05, 0) is 19.8 Å². The average Bonchev–Trinajstić information content (AvgIpc) is 2.65. The minimum Gasteiger partial charge on any atom is -0.450 e. The van der Waals surface area contributed by atoms with Gasteiger partial charge in [-0.15, -0.1) is 0 Å². The summed E-state index contributed by atoms with van der Waals surface area (Å²) < 4.78 is 4.79. The highest BCUT2D eigenvalue weighted by atomic mass is 79.9. The maximum absolute atomic E-state index is 11.5. The standard InChI is InChI=1S/C10H16BrNO3/c1-2-15-10(14)12-8-5-3-4-7(8)9(13)6-11/h7-8H,2-6H2,1H3,(H,12,14). The van der Waals surface area contributed by atoms with Crippen molar-refractivity contribution in [2.24, 2.45) is 5.92 Å². The molecule has 0 aliphatic heterocycles. The number of halogens is 1. The lowest BCUT2D eigenvalue weighted by molar-refractivity contribution is -0.120. The number of rotatable bonds is 4. The average molecular weight is 278 g/mol. The van der Waals surface area contributed by atoms with Crippen molar-refractivity contribution in [2.75, 3.05) is 11.9 Å². The molecule has 1 aliphatic carbocycles. The lowest BCUT2D eigenvalue weighted by atomic mass is 10.00. The lowest BCUT2D eigenvalue weighted by Crippen LogP contribution is -2.40. The van der Waals surface area contributed by atoms with E-state index in [1.165, 1.54) is 0 Å². The van der Waals surface area contributed by atoms with Crippen molar-refractivity contribution in [1.29, 1.82) is 0 Å². The molecule has 1 N–H and O–H groups in total. The molecule has 15 heavy (non-hydrogen) atoms. The van der Waals surface area contributed by atoms with Crippen molar-refractivity contribution in [2.45, 2.75) is 32.2 Å². The molecule has 0 radical (unpaired) electrons. The smallest absolute Gasteiger partial charge is 0.407 e. The third-order valence-corrected chi connectivity index (χ3v) is 3.19. The Morgan fingerprint density at radius 2 is 2.20 bits per heavy atom. The second-order valence-corrected chi connectivity index (χ2v) is 4.17. The molecule has 0 heterocycles. The van der Waals surface area contributed by atoms with Gasteiger partial charge in [0.15, 0.2) is 0 Å². The maximum atomic E-state index is 11.5. The minimum atomic E-state index is -0.420. The number of Topliss-reactive ketones (excluding diaryl/α,β-unsaturated/α-hetero) is 1. The molecule has 0 spiro atoms. The summed E-state index contributed by atoms with van der Waals surface area (Å²) >= 11 is 3.16. The summed E-state index contributed by atoms with van der Waals surface area (Å²) in [5, 5.41) is 3.10. The van der Waals surface area contributed by atoms with E-state index in [4.69, 9.17) is 4.74 Å². The minimum absolute atomic E-state index is 0.0471. The Kier molecular flexibility index (Phi) is 5.08. The van der Waals surface area contributed by atoms with Crippen LogP contribution in [0.4, 0.5) is 4.79 Å². The summed E-state index contributed by atoms with van der Waals surface area (Å²) in [7, 11) is 0. The van der Waals surface area contributed by atoms with Gasteiger partial charge in [-0.3, -0.25) is 4.79 Å². The lowest BCUT2D eigenvalue weighted by Gasteiger charge is -2.18. The number of nitrogens with one attached hydrogen (secondary N) is 1. The highest BCUT2D eigenvalue weighted by molar-refractivity contribution is 9.09. The Bertz CT molecular complexity index is 245. The van der Waals surface area contributed by atoms with E-state index in [9.17, 15) is 9.59 Å². The number of ketones is 1. The van der Waals surface area contributed by atoms with Crippen molar-refractivity contribution in [1.82, 2.24) is 5.32 Å². The molecule has 1 fully saturated rings. The highest BCUT2D eigenvalue weighted by Gasteiger charge is 2.33. The van der Waals surface area contributed by atoms with Crippen molar-refractivity contribution < 1.29 is 14.3 Å². The fraction of sp³-hybridized carbons (Fsp3) is 0.800. The monoisotopic (exact) mass is 277 g/mol. The zero-order valence-electron chi connectivity index (χ0n) is 8.79. The van der Waals surface area contributed by atoms with E-state index in [1.807, 2.05) is 0 Å². The number of alkyl carbamates (subject to hydrolysis) is 1. The fourth-order valence-corrected chi connectivity index (χ4v) is 2.36. The summed E-state index contributed by atoms with van der Waals surface area (Å²) in [5.41, 5.74) is 0. The van der Waals surface area contributed by atoms with Gasteiger partial charge in [0.25, 0.3) is 0 Å². The second kappa shape index (κ2) is 6.10. The van der Waals surface area contributed by atoms with Gasteiger partial charge in [0, 0.05) is 12.0 Å². The predicted molar refractivity (Wildman–Crippen MR) is 60.1 cm³/mol. The quantitative estimate of drug-likeness (QED) is 0.799. The second-order valence-electron chi connectivity index (χ2n) is 3.61. The highest BCUT2D eigenvalue weighted by Crippen LogP contribution is 2.27. The Labute approximate surface area is 97.9 Å². The van der Waals surface area contributed by atoms with Crippen LogP contribution in [0.25, 0.3) is 0 Å². The summed E-state index contributed by atoms with van der Waals surface area (Å²) in [6.07, 6.45) is 2.29. The molecule has 0 aromatic rings. The van der Waals surface area contributed by atoms with E-state index in [0.717, 1.165) is 19.3 Å². The summed E-state index contributed by atoms with van der Waals surface area (Å²) in [6, 6.07) is -0.0471. The number of hydrogen-bond donors (Lipinski definition) is 1. The van der Waals surface area contributed by atoms with Gasteiger partial charge in [-0.1, -0.05) is 22.4 Å². The SMILES string of the molecule is CCOC(=O)NC1CCCC1C(=O)CBr. The Morgan fingerprint density at radius 1 is 1.47 bits per heavy atom. The Hall–Kier alpha value is -0.580. The molecule has 0 aromatic heterocycles. The van der Waals surface area contributed by atoms with Crippen molar-refractivity contribution >= 4 is 27.8 Å². The molecule has 2 atom stereocenters. The number of carbonyl (C=O) groups excluding carboxylic acids is 2. The van der Waals surface area contributed by atoms with Crippen LogP contribution in [-0.2, 0) is 9.53 Å². The van der Waals surface area contributed by atoms with Crippen molar-refractivity contribution in [3.8, 4) is 0 Å². The molecule has 2 unspecified atom stereocenters. The van der Waals surface area contributed by atoms with Gasteiger partial charge in [0.05, 0.1) is 11.9 Å². The van der Waals surface area contributed by atoms with Crippen LogP contribution in [0.1, 0.15) is 26.2 Å². The first kappa shape index (κ1) is 12.5. The van der Waals surface area contributed by atoms with E-state index in [2.05, 4.69) is 21.2 Å². The van der Waals surface area contributed by atoms with Crippen LogP contribution < -0.4 is 5.32 Å². The van der Waals surface area contributed by atoms with Crippen LogP contribution in [0.15, 0.2) is 0 Å². The molecule has 1 saturated carbocycles. The molecule has 86 valence electrons. The topological polar surface area (TPSA) is 55.4 Å². The maximum Gasteiger partial charge on any atom is 0.407 e. The molecule has 1 rings (SSSR count). The molecule has 0 aromatic carbocycles. The van der Waals surface area contributed by atoms with Gasteiger partial charge in [0.2, 0.25) is 0 Å². The number of carbonyl (C=O) groups is 2. The molecule has 1 aliphatic rings. The molecule has 5 heteroatoms. The third-order valence-electron chi connectivity index (χ3n) is 2.64. The molecule has 0 bridgehead atoms. The van der Waals surface area contributed by atoms with Gasteiger partial charge in [0.1, 0.15) is 5.78 Å². The van der Waals surface area contributed by atoms with Crippen molar-refractivity contribution in [3.63, 3.8) is 0 Å². The van der Waals surface area contributed by atoms with Crippen LogP contribution in [0.5, 0.6) is 0 Å². The molecular weight excluding hydrogens is 262 g/mol. The fourth-order valence-electron chi connectivity index (χ4n) is 1.94. The van der Waals surface area contributed by atoms with Crippen LogP contribution in [0, 0.1) is 5.92 Å². The largest absolute Gasteiger partial charge is 0.450 e. The Balaban J connectivity index is 2.46. The van der Waals surface area contributed by atoms with Crippen LogP contribution in [0.2, 0.25) is 0 Å². The molecule has 4 nitrogen and oxygen atoms in total. The zero-order chi connectivity index (χ0) is 11.3. The Morgan fingerprint density at radius 3 is 2.80 bits per heavy atom. The van der Waals surface area contributed by atoms with E-state index in [1.54, 1.807) is 6.92 Å². The molecule has 0 saturated heterocycles. The van der Waals surface area contributed by atoms with Gasteiger partial charge in [-0.2, -0.15) is 0 Å². The number of ether oxygens (including phenoxy) is 1. The van der Waals surface area contributed by atoms with Crippen LogP contribution in [-0.4, -0.2) is 29.9 Å². The number of alkyl halides is 1. The van der Waals surface area contributed by atoms with Gasteiger partial charge in [-0.25, -0.2) is 4.79 Å². The van der Waals surface area contributed by atoms with E-state index >= 15 is 0 Å². The van der Waals surface area contributed by atoms with Gasteiger partial charge < -0.3 is 10.1 Å². The number of amides is 1. The van der Waals surface area contributed by atoms with E-state index in [-0.39, 0.29) is 17.7 Å². The zero-order valence-corrected chi connectivity index (χ0v) is 10.4. The normalized spacial score (nSPS) is 24.9. The molecular formula is C10H16BrNO3. The summed E-state index contributed by atoms with van der Waals surface area (Å²) in [4.78, 5) is 22.7. The first-order valence-corrected chi connectivity index (χ1v) is 6.33. The molecule has 1 amide bonds. The predicted octanol–water partition coefficient (Wildman–Crippen LogP) is 1.87. The van der Waals surface area contributed by atoms with Gasteiger partial charge >= 0.3 is 6.09 Å². The van der Waals surface area contributed by atoms with E-state index in [0.29, 0.717) is 11.9 Å². The van der Waals surface area contributed by atoms with Crippen LogP contribution >= 0.6 is 15.9 Å².